The van der Waals surface area contributed by atoms with Crippen LogP contribution in [0.3, 0.4) is 0 Å². The zero-order valence-corrected chi connectivity index (χ0v) is 21.5. The number of benzene rings is 1. The maximum absolute atomic E-state index is 5.89. The molecule has 0 aliphatic carbocycles. The summed E-state index contributed by atoms with van der Waals surface area (Å²) in [6.45, 7) is 6.38. The number of aromatic nitrogens is 9. The molecule has 0 unspecified atom stereocenters. The van der Waals surface area contributed by atoms with E-state index >= 15 is 0 Å². The van der Waals surface area contributed by atoms with Crippen LogP contribution in [0.5, 0.6) is 5.75 Å². The normalized spacial score (nSPS) is 14.8. The number of hydrogen-bond donors (Lipinski definition) is 0. The quantitative estimate of drug-likeness (QED) is 0.305. The van der Waals surface area contributed by atoms with Crippen molar-refractivity contribution in [3.05, 3.63) is 60.8 Å². The third-order valence-corrected chi connectivity index (χ3v) is 6.65. The van der Waals surface area contributed by atoms with Crippen LogP contribution in [0.1, 0.15) is 5.56 Å². The van der Waals surface area contributed by atoms with E-state index in [1.54, 1.807) is 34.2 Å². The molecule has 5 heterocycles. The van der Waals surface area contributed by atoms with Gasteiger partial charge in [0.25, 0.3) is 0 Å². The molecular formula is C26H29N11O. The molecule has 0 N–H and O–H groups in total. The van der Waals surface area contributed by atoms with Crippen molar-refractivity contribution < 1.29 is 4.74 Å². The number of piperazine rings is 1. The fourth-order valence-electron chi connectivity index (χ4n) is 4.44. The first kappa shape index (κ1) is 24.1. The Morgan fingerprint density at radius 3 is 2.55 bits per heavy atom. The summed E-state index contributed by atoms with van der Waals surface area (Å²) >= 11 is 0. The highest BCUT2D eigenvalue weighted by Gasteiger charge is 2.14. The zero-order chi connectivity index (χ0) is 25.9. The van der Waals surface area contributed by atoms with Gasteiger partial charge in [-0.15, -0.1) is 5.10 Å². The smallest absolute Gasteiger partial charge is 0.221 e. The van der Waals surface area contributed by atoms with Crippen molar-refractivity contribution in [2.45, 2.75) is 6.54 Å². The molecule has 5 aromatic rings. The van der Waals surface area contributed by atoms with Gasteiger partial charge in [0.1, 0.15) is 6.61 Å². The van der Waals surface area contributed by atoms with Gasteiger partial charge in [0.2, 0.25) is 5.65 Å². The average Bonchev–Trinajstić information content (AvgIpc) is 3.56. The van der Waals surface area contributed by atoms with E-state index in [0.717, 1.165) is 55.1 Å². The predicted molar refractivity (Wildman–Crippen MR) is 141 cm³/mol. The molecule has 194 valence electrons. The lowest BCUT2D eigenvalue weighted by Crippen LogP contribution is -2.45. The molecule has 1 saturated heterocycles. The fourth-order valence-corrected chi connectivity index (χ4v) is 4.44. The SMILES string of the molecule is CN1CCN(CCOc2cnc(-c3cccc(Cn4nnc5ncc(-c6cnn(C)c6)nc54)c3)nc2)CC1. The Balaban J connectivity index is 1.12. The molecule has 12 heteroatoms. The monoisotopic (exact) mass is 511 g/mol. The van der Waals surface area contributed by atoms with Crippen LogP contribution in [0, 0.1) is 0 Å². The Labute approximate surface area is 219 Å². The second-order valence-electron chi connectivity index (χ2n) is 9.49. The molecule has 0 radical (unpaired) electrons. The highest BCUT2D eigenvalue weighted by atomic mass is 16.5. The highest BCUT2D eigenvalue weighted by molar-refractivity contribution is 5.69. The topological polar surface area (TPSA) is 116 Å². The molecule has 4 aromatic heterocycles. The maximum Gasteiger partial charge on any atom is 0.221 e. The lowest BCUT2D eigenvalue weighted by molar-refractivity contribution is 0.133. The van der Waals surface area contributed by atoms with Crippen LogP contribution in [-0.4, -0.2) is 101 Å². The van der Waals surface area contributed by atoms with E-state index < -0.39 is 0 Å². The molecular weight excluding hydrogens is 482 g/mol. The van der Waals surface area contributed by atoms with Gasteiger partial charge in [0.05, 0.1) is 37.0 Å². The van der Waals surface area contributed by atoms with E-state index in [0.29, 0.717) is 36.0 Å². The largest absolute Gasteiger partial charge is 0.489 e. The van der Waals surface area contributed by atoms with Gasteiger partial charge in [0.15, 0.2) is 17.2 Å². The number of ether oxygens (including phenoxy) is 1. The first-order valence-electron chi connectivity index (χ1n) is 12.6. The van der Waals surface area contributed by atoms with Crippen LogP contribution in [-0.2, 0) is 13.6 Å². The Morgan fingerprint density at radius 2 is 1.76 bits per heavy atom. The molecule has 1 aliphatic heterocycles. The van der Waals surface area contributed by atoms with Crippen LogP contribution < -0.4 is 4.74 Å². The molecule has 0 bridgehead atoms. The van der Waals surface area contributed by atoms with Crippen LogP contribution in [0.25, 0.3) is 33.9 Å². The molecule has 0 spiro atoms. The maximum atomic E-state index is 5.89. The third kappa shape index (κ3) is 5.36. The molecule has 0 saturated carbocycles. The van der Waals surface area contributed by atoms with Crippen LogP contribution >= 0.6 is 0 Å². The zero-order valence-electron chi connectivity index (χ0n) is 21.5. The van der Waals surface area contributed by atoms with Gasteiger partial charge < -0.3 is 9.64 Å². The Kier molecular flexibility index (Phi) is 6.71. The summed E-state index contributed by atoms with van der Waals surface area (Å²) in [6.07, 6.45) is 8.82. The summed E-state index contributed by atoms with van der Waals surface area (Å²) in [4.78, 5) is 23.0. The number of rotatable bonds is 8. The molecule has 12 nitrogen and oxygen atoms in total. The van der Waals surface area contributed by atoms with E-state index in [9.17, 15) is 0 Å². The summed E-state index contributed by atoms with van der Waals surface area (Å²) in [5, 5.41) is 12.7. The Morgan fingerprint density at radius 1 is 0.921 bits per heavy atom. The van der Waals surface area contributed by atoms with E-state index in [1.807, 2.05) is 31.4 Å². The van der Waals surface area contributed by atoms with E-state index in [1.165, 1.54) is 0 Å². The predicted octanol–water partition coefficient (Wildman–Crippen LogP) is 1.75. The van der Waals surface area contributed by atoms with E-state index in [2.05, 4.69) is 53.3 Å². The Hall–Kier alpha value is -4.29. The summed E-state index contributed by atoms with van der Waals surface area (Å²) in [5.74, 6) is 1.32. The second kappa shape index (κ2) is 10.6. The molecule has 0 amide bonds. The minimum Gasteiger partial charge on any atom is -0.489 e. The van der Waals surface area contributed by atoms with Gasteiger partial charge in [0, 0.05) is 57.1 Å². The minimum atomic E-state index is 0.489. The van der Waals surface area contributed by atoms with Crippen molar-refractivity contribution in [3.63, 3.8) is 0 Å². The highest BCUT2D eigenvalue weighted by Crippen LogP contribution is 2.21. The van der Waals surface area contributed by atoms with Gasteiger partial charge in [-0.05, 0) is 18.7 Å². The van der Waals surface area contributed by atoms with Crippen molar-refractivity contribution in [1.82, 2.24) is 54.5 Å². The number of nitrogens with zero attached hydrogens (tertiary/aromatic N) is 11. The first-order chi connectivity index (χ1) is 18.6. The number of fused-ring (bicyclic) bond motifs is 1. The molecule has 6 rings (SSSR count). The molecule has 38 heavy (non-hydrogen) atoms. The summed E-state index contributed by atoms with van der Waals surface area (Å²) in [7, 11) is 4.03. The van der Waals surface area contributed by atoms with E-state index in [-0.39, 0.29) is 0 Å². The van der Waals surface area contributed by atoms with Crippen LogP contribution in [0.15, 0.2) is 55.2 Å². The number of hydrogen-bond acceptors (Lipinski definition) is 10. The lowest BCUT2D eigenvalue weighted by Gasteiger charge is -2.32. The Bertz CT molecular complexity index is 1520. The van der Waals surface area contributed by atoms with Gasteiger partial charge in [-0.2, -0.15) is 5.10 Å². The van der Waals surface area contributed by atoms with Crippen molar-refractivity contribution >= 4 is 11.3 Å². The fraction of sp³-hybridized carbons (Fsp3) is 0.346. The summed E-state index contributed by atoms with van der Waals surface area (Å²) < 4.78 is 9.37. The van der Waals surface area contributed by atoms with Gasteiger partial charge in [-0.25, -0.2) is 24.6 Å². The first-order valence-corrected chi connectivity index (χ1v) is 12.6. The average molecular weight is 512 g/mol. The van der Waals surface area contributed by atoms with Crippen molar-refractivity contribution in [2.75, 3.05) is 46.4 Å². The van der Waals surface area contributed by atoms with Crippen LogP contribution in [0.4, 0.5) is 0 Å². The van der Waals surface area contributed by atoms with Crippen molar-refractivity contribution in [1.29, 1.82) is 0 Å². The van der Waals surface area contributed by atoms with Gasteiger partial charge in [-0.1, -0.05) is 23.4 Å². The summed E-state index contributed by atoms with van der Waals surface area (Å²) in [5.41, 5.74) is 4.67. The molecule has 0 atom stereocenters. The van der Waals surface area contributed by atoms with Crippen LogP contribution in [0.2, 0.25) is 0 Å². The minimum absolute atomic E-state index is 0.489. The number of aryl methyl sites for hydroxylation is 1. The van der Waals surface area contributed by atoms with E-state index in [4.69, 9.17) is 9.72 Å². The van der Waals surface area contributed by atoms with Gasteiger partial charge >= 0.3 is 0 Å². The standard InChI is InChI=1S/C26H29N11O/c1-34-6-8-36(9-7-34)10-11-38-22-14-27-24(28-15-22)20-5-3-4-19(12-20)17-37-26-25(32-33-37)29-16-23(31-26)21-13-30-35(2)18-21/h3-5,12-16,18H,6-11,17H2,1-2H3. The van der Waals surface area contributed by atoms with Crippen molar-refractivity contribution in [3.8, 4) is 28.4 Å². The summed E-state index contributed by atoms with van der Waals surface area (Å²) in [6, 6.07) is 8.06. The molecule has 1 aromatic carbocycles. The number of likely N-dealkylation sites (N-methyl/N-ethyl adjacent to an activating group) is 1. The lowest BCUT2D eigenvalue weighted by atomic mass is 10.1. The van der Waals surface area contributed by atoms with Crippen molar-refractivity contribution in [2.24, 2.45) is 7.05 Å². The molecule has 1 aliphatic rings. The second-order valence-corrected chi connectivity index (χ2v) is 9.49. The van der Waals surface area contributed by atoms with Gasteiger partial charge in [-0.3, -0.25) is 9.58 Å². The third-order valence-electron chi connectivity index (χ3n) is 6.65. The molecule has 1 fully saturated rings.